The van der Waals surface area contributed by atoms with Crippen molar-refractivity contribution in [3.63, 3.8) is 0 Å². The highest BCUT2D eigenvalue weighted by Crippen LogP contribution is 2.50. The molecular weight excluding hydrogens is 296 g/mol. The van der Waals surface area contributed by atoms with Crippen molar-refractivity contribution in [2.45, 2.75) is 57.4 Å². The van der Waals surface area contributed by atoms with Gasteiger partial charge in [-0.2, -0.15) is 0 Å². The quantitative estimate of drug-likeness (QED) is 0.923. The number of fused-ring (bicyclic) bond motifs is 2. The van der Waals surface area contributed by atoms with Gasteiger partial charge in [0.1, 0.15) is 0 Å². The second-order valence-electron chi connectivity index (χ2n) is 7.17. The fourth-order valence-electron chi connectivity index (χ4n) is 4.12. The molecule has 0 bridgehead atoms. The van der Waals surface area contributed by atoms with E-state index >= 15 is 0 Å². The second-order valence-corrected chi connectivity index (χ2v) is 7.17. The molecule has 1 spiro atoms. The van der Waals surface area contributed by atoms with Crippen molar-refractivity contribution in [3.8, 4) is 0 Å². The van der Waals surface area contributed by atoms with Crippen LogP contribution in [-0.4, -0.2) is 18.5 Å². The molecule has 22 heavy (non-hydrogen) atoms. The van der Waals surface area contributed by atoms with Crippen LogP contribution in [0.15, 0.2) is 24.3 Å². The van der Waals surface area contributed by atoms with Crippen molar-refractivity contribution in [3.05, 3.63) is 29.8 Å². The van der Waals surface area contributed by atoms with Gasteiger partial charge in [0.25, 0.3) is 0 Å². The van der Waals surface area contributed by atoms with E-state index < -0.39 is 0 Å². The molecule has 1 aliphatic carbocycles. The maximum Gasteiger partial charge on any atom is 0.243 e. The highest BCUT2D eigenvalue weighted by molar-refractivity contribution is 5.99. The van der Waals surface area contributed by atoms with Crippen LogP contribution in [0.5, 0.6) is 0 Å². The van der Waals surface area contributed by atoms with Gasteiger partial charge < -0.3 is 10.6 Å². The van der Waals surface area contributed by atoms with Gasteiger partial charge >= 0.3 is 0 Å². The minimum absolute atomic E-state index is 0. The molecule has 1 aromatic rings. The summed E-state index contributed by atoms with van der Waals surface area (Å²) in [5.41, 5.74) is 8.82. The summed E-state index contributed by atoms with van der Waals surface area (Å²) < 4.78 is 0. The van der Waals surface area contributed by atoms with Crippen molar-refractivity contribution < 1.29 is 4.79 Å². The third-order valence-corrected chi connectivity index (χ3v) is 5.10. The zero-order valence-electron chi connectivity index (χ0n) is 13.5. The monoisotopic (exact) mass is 322 g/mol. The number of benzene rings is 1. The van der Waals surface area contributed by atoms with Crippen LogP contribution < -0.4 is 10.6 Å². The molecule has 0 saturated heterocycles. The number of carbonyl (C=O) groups excluding carboxylic acids is 1. The minimum atomic E-state index is -0.380. The van der Waals surface area contributed by atoms with Crippen LogP contribution in [0.2, 0.25) is 0 Å². The van der Waals surface area contributed by atoms with Gasteiger partial charge in [-0.1, -0.05) is 44.9 Å². The Morgan fingerprint density at radius 3 is 2.55 bits per heavy atom. The molecule has 1 atom stereocenters. The number of amides is 1. The third kappa shape index (κ3) is 2.89. The Morgan fingerprint density at radius 2 is 1.91 bits per heavy atom. The Kier molecular flexibility index (Phi) is 5.18. The molecular formula is C18H27ClN2O. The van der Waals surface area contributed by atoms with E-state index in [2.05, 4.69) is 32.0 Å². The highest BCUT2D eigenvalue weighted by atomic mass is 35.5. The Balaban J connectivity index is 0.00000176. The SMILES string of the molecule is CC(C)C[C@H](N)C(=O)N1CC2(CCCC2)c2ccccc21.Cl. The lowest BCUT2D eigenvalue weighted by atomic mass is 9.81. The summed E-state index contributed by atoms with van der Waals surface area (Å²) in [6.45, 7) is 5.06. The van der Waals surface area contributed by atoms with E-state index in [9.17, 15) is 4.79 Å². The van der Waals surface area contributed by atoms with Crippen LogP contribution in [0.4, 0.5) is 5.69 Å². The zero-order chi connectivity index (χ0) is 15.0. The standard InChI is InChI=1S/C18H26N2O.ClH/c1-13(2)11-15(19)17(21)20-12-18(9-5-6-10-18)14-7-3-4-8-16(14)20;/h3-4,7-8,13,15H,5-6,9-12,19H2,1-2H3;1H/t15-;/m0./s1. The Hall–Kier alpha value is -1.06. The molecule has 2 aliphatic rings. The lowest BCUT2D eigenvalue weighted by Crippen LogP contribution is -2.45. The van der Waals surface area contributed by atoms with Gasteiger partial charge in [-0.3, -0.25) is 4.79 Å². The Labute approximate surface area is 139 Å². The van der Waals surface area contributed by atoms with Gasteiger partial charge in [-0.05, 0) is 36.8 Å². The van der Waals surface area contributed by atoms with Crippen molar-refractivity contribution in [2.75, 3.05) is 11.4 Å². The van der Waals surface area contributed by atoms with Crippen molar-refractivity contribution in [1.82, 2.24) is 0 Å². The van der Waals surface area contributed by atoms with E-state index in [0.717, 1.165) is 18.7 Å². The van der Waals surface area contributed by atoms with Gasteiger partial charge in [-0.15, -0.1) is 12.4 Å². The largest absolute Gasteiger partial charge is 0.320 e. The van der Waals surface area contributed by atoms with Gasteiger partial charge in [0.2, 0.25) is 5.91 Å². The topological polar surface area (TPSA) is 46.3 Å². The highest BCUT2D eigenvalue weighted by Gasteiger charge is 2.46. The van der Waals surface area contributed by atoms with Crippen LogP contribution in [0.3, 0.4) is 0 Å². The summed E-state index contributed by atoms with van der Waals surface area (Å²) in [6, 6.07) is 8.04. The lowest BCUT2D eigenvalue weighted by molar-refractivity contribution is -0.120. The molecule has 0 radical (unpaired) electrons. The summed E-state index contributed by atoms with van der Waals surface area (Å²) in [6.07, 6.45) is 5.70. The first-order valence-electron chi connectivity index (χ1n) is 8.20. The fourth-order valence-corrected chi connectivity index (χ4v) is 4.12. The lowest BCUT2D eigenvalue weighted by Gasteiger charge is -2.26. The van der Waals surface area contributed by atoms with E-state index in [1.54, 1.807) is 0 Å². The minimum Gasteiger partial charge on any atom is -0.320 e. The summed E-state index contributed by atoms with van der Waals surface area (Å²) in [4.78, 5) is 14.8. The Morgan fingerprint density at radius 1 is 1.27 bits per heavy atom. The number of hydrogen-bond donors (Lipinski definition) is 1. The third-order valence-electron chi connectivity index (χ3n) is 5.10. The van der Waals surface area contributed by atoms with E-state index in [-0.39, 0.29) is 29.8 Å². The first kappa shape index (κ1) is 17.3. The zero-order valence-corrected chi connectivity index (χ0v) is 14.4. The molecule has 1 aromatic carbocycles. The maximum atomic E-state index is 12.8. The number of halogens is 1. The molecule has 0 aromatic heterocycles. The van der Waals surface area contributed by atoms with Crippen LogP contribution >= 0.6 is 12.4 Å². The number of rotatable bonds is 3. The first-order valence-corrected chi connectivity index (χ1v) is 8.20. The predicted octanol–water partition coefficient (Wildman–Crippen LogP) is 3.64. The summed E-state index contributed by atoms with van der Waals surface area (Å²) in [5, 5.41) is 0. The van der Waals surface area contributed by atoms with Crippen LogP contribution in [0, 0.1) is 5.92 Å². The van der Waals surface area contributed by atoms with Gasteiger partial charge in [0.05, 0.1) is 6.04 Å². The number of anilines is 1. The number of para-hydroxylation sites is 1. The molecule has 3 rings (SSSR count). The van der Waals surface area contributed by atoms with E-state index in [0.29, 0.717) is 5.92 Å². The van der Waals surface area contributed by atoms with Crippen LogP contribution in [-0.2, 0) is 10.2 Å². The molecule has 2 N–H and O–H groups in total. The Bertz CT molecular complexity index is 538. The summed E-state index contributed by atoms with van der Waals surface area (Å²) >= 11 is 0. The van der Waals surface area contributed by atoms with E-state index in [4.69, 9.17) is 5.73 Å². The molecule has 1 heterocycles. The number of hydrogen-bond acceptors (Lipinski definition) is 2. The van der Waals surface area contributed by atoms with Gasteiger partial charge in [0.15, 0.2) is 0 Å². The summed E-state index contributed by atoms with van der Waals surface area (Å²) in [5.74, 6) is 0.544. The molecule has 1 aliphatic heterocycles. The molecule has 1 fully saturated rings. The van der Waals surface area contributed by atoms with E-state index in [1.807, 2.05) is 11.0 Å². The molecule has 122 valence electrons. The number of nitrogens with zero attached hydrogens (tertiary/aromatic N) is 1. The average molecular weight is 323 g/mol. The maximum absolute atomic E-state index is 12.8. The van der Waals surface area contributed by atoms with Gasteiger partial charge in [-0.25, -0.2) is 0 Å². The smallest absolute Gasteiger partial charge is 0.243 e. The van der Waals surface area contributed by atoms with Crippen molar-refractivity contribution in [2.24, 2.45) is 11.7 Å². The molecule has 1 saturated carbocycles. The molecule has 1 amide bonds. The molecule has 3 nitrogen and oxygen atoms in total. The average Bonchev–Trinajstić information content (AvgIpc) is 3.05. The first-order chi connectivity index (χ1) is 10.0. The van der Waals surface area contributed by atoms with Gasteiger partial charge in [0, 0.05) is 17.6 Å². The van der Waals surface area contributed by atoms with Crippen molar-refractivity contribution >= 4 is 24.0 Å². The predicted molar refractivity (Wildman–Crippen MR) is 93.6 cm³/mol. The van der Waals surface area contributed by atoms with Crippen molar-refractivity contribution in [1.29, 1.82) is 0 Å². The second kappa shape index (κ2) is 6.59. The van der Waals surface area contributed by atoms with Crippen LogP contribution in [0.1, 0.15) is 51.5 Å². The van der Waals surface area contributed by atoms with Crippen LogP contribution in [0.25, 0.3) is 0 Å². The summed E-state index contributed by atoms with van der Waals surface area (Å²) in [7, 11) is 0. The normalized spacial score (nSPS) is 20.1. The molecule has 4 heteroatoms. The van der Waals surface area contributed by atoms with E-state index in [1.165, 1.54) is 31.2 Å². The molecule has 0 unspecified atom stereocenters. The fraction of sp³-hybridized carbons (Fsp3) is 0.611. The number of nitrogens with two attached hydrogens (primary N) is 1. The number of carbonyl (C=O) groups is 1.